The number of aromatic amines is 1. The summed E-state index contributed by atoms with van der Waals surface area (Å²) in [4.78, 5) is 12.4. The molecule has 0 aliphatic rings. The minimum Gasteiger partial charge on any atom is -0.341 e. The summed E-state index contributed by atoms with van der Waals surface area (Å²) in [5.74, 6) is 0.603. The lowest BCUT2D eigenvalue weighted by molar-refractivity contribution is 0.393. The maximum Gasteiger partial charge on any atom is 0.243 e. The minimum atomic E-state index is -3.77. The Bertz CT molecular complexity index is 1490. The number of nitrogens with one attached hydrogen (secondary N) is 2. The van der Waals surface area contributed by atoms with Gasteiger partial charge in [0, 0.05) is 25.8 Å². The van der Waals surface area contributed by atoms with Crippen LogP contribution < -0.4 is 5.32 Å². The molecule has 0 amide bonds. The van der Waals surface area contributed by atoms with Gasteiger partial charge >= 0.3 is 0 Å². The number of hydrogen-bond donors (Lipinski definition) is 2. The number of sulfonamides is 1. The van der Waals surface area contributed by atoms with Crippen molar-refractivity contribution >= 4 is 21.1 Å². The van der Waals surface area contributed by atoms with Gasteiger partial charge in [0.15, 0.2) is 0 Å². The maximum absolute atomic E-state index is 13.7. The Kier molecular flexibility index (Phi) is 7.18. The highest BCUT2D eigenvalue weighted by Crippen LogP contribution is 2.22. The average molecular weight is 498 g/mol. The second-order valence-corrected chi connectivity index (χ2v) is 10.5. The van der Waals surface area contributed by atoms with E-state index in [-0.39, 0.29) is 18.0 Å². The molecular formula is C28H27N5O2S. The summed E-state index contributed by atoms with van der Waals surface area (Å²) >= 11 is 0. The van der Waals surface area contributed by atoms with Gasteiger partial charge in [-0.15, -0.1) is 0 Å². The number of H-pyrrole nitrogens is 1. The van der Waals surface area contributed by atoms with Gasteiger partial charge in [-0.3, -0.25) is 4.98 Å². The normalized spacial score (nSPS) is 11.8. The Hall–Kier alpha value is -3.85. The van der Waals surface area contributed by atoms with Crippen LogP contribution in [-0.4, -0.2) is 27.7 Å². The number of benzene rings is 3. The molecule has 5 rings (SSSR count). The number of imidazole rings is 1. The van der Waals surface area contributed by atoms with Gasteiger partial charge in [0.2, 0.25) is 10.0 Å². The molecule has 5 aromatic rings. The molecule has 2 aromatic heterocycles. The summed E-state index contributed by atoms with van der Waals surface area (Å²) in [6, 6.07) is 30.1. The second kappa shape index (κ2) is 10.8. The van der Waals surface area contributed by atoms with Crippen molar-refractivity contribution in [2.24, 2.45) is 0 Å². The Balaban J connectivity index is 1.34. The molecule has 3 aromatic carbocycles. The van der Waals surface area contributed by atoms with Crippen LogP contribution in [0.1, 0.15) is 22.6 Å². The molecule has 0 spiro atoms. The molecule has 0 saturated heterocycles. The van der Waals surface area contributed by atoms with Crippen LogP contribution >= 0.6 is 0 Å². The van der Waals surface area contributed by atoms with Gasteiger partial charge in [-0.25, -0.2) is 13.4 Å². The molecule has 7 nitrogen and oxygen atoms in total. The third-order valence-electron chi connectivity index (χ3n) is 5.89. The fraction of sp³-hybridized carbons (Fsp3) is 0.143. The number of para-hydroxylation sites is 2. The highest BCUT2D eigenvalue weighted by molar-refractivity contribution is 7.89. The fourth-order valence-electron chi connectivity index (χ4n) is 4.03. The molecule has 0 unspecified atom stereocenters. The van der Waals surface area contributed by atoms with E-state index < -0.39 is 10.0 Å². The summed E-state index contributed by atoms with van der Waals surface area (Å²) in [6.07, 6.45) is 1.77. The lowest BCUT2D eigenvalue weighted by Gasteiger charge is -2.21. The van der Waals surface area contributed by atoms with E-state index in [1.54, 1.807) is 18.3 Å². The van der Waals surface area contributed by atoms with Gasteiger partial charge in [-0.05, 0) is 47.5 Å². The Morgan fingerprint density at radius 3 is 2.25 bits per heavy atom. The molecule has 0 fully saturated rings. The predicted octanol–water partition coefficient (Wildman–Crippen LogP) is 4.64. The van der Waals surface area contributed by atoms with Crippen molar-refractivity contribution in [3.8, 4) is 0 Å². The van der Waals surface area contributed by atoms with Crippen molar-refractivity contribution in [2.75, 3.05) is 0 Å². The van der Waals surface area contributed by atoms with E-state index in [2.05, 4.69) is 20.3 Å². The van der Waals surface area contributed by atoms with E-state index in [1.807, 2.05) is 84.9 Å². The topological polar surface area (TPSA) is 91.0 Å². The molecule has 2 heterocycles. The molecule has 0 saturated carbocycles. The zero-order chi connectivity index (χ0) is 24.8. The number of rotatable bonds is 10. The lowest BCUT2D eigenvalue weighted by Crippen LogP contribution is -2.30. The third-order valence-corrected chi connectivity index (χ3v) is 7.69. The van der Waals surface area contributed by atoms with Crippen LogP contribution in [0.2, 0.25) is 0 Å². The van der Waals surface area contributed by atoms with Gasteiger partial charge in [-0.2, -0.15) is 4.31 Å². The van der Waals surface area contributed by atoms with Gasteiger partial charge in [0.05, 0.1) is 28.2 Å². The number of aromatic nitrogens is 3. The van der Waals surface area contributed by atoms with E-state index in [0.717, 1.165) is 27.9 Å². The minimum absolute atomic E-state index is 0.138. The van der Waals surface area contributed by atoms with Crippen molar-refractivity contribution in [2.45, 2.75) is 31.1 Å². The molecule has 0 bridgehead atoms. The first-order chi connectivity index (χ1) is 17.6. The standard InChI is InChI=1S/C28H27N5O2S/c34-36(35,25-15-13-22(14-16-25)18-29-19-24-10-6-7-17-30-24)33(20-23-8-2-1-3-9-23)21-28-31-26-11-4-5-12-27(26)32-28/h1-17,29H,18-21H2,(H,31,32). The summed E-state index contributed by atoms with van der Waals surface area (Å²) in [5.41, 5.74) is 4.56. The first-order valence-electron chi connectivity index (χ1n) is 11.8. The average Bonchev–Trinajstić information content (AvgIpc) is 3.32. The van der Waals surface area contributed by atoms with Crippen molar-refractivity contribution in [1.82, 2.24) is 24.6 Å². The predicted molar refractivity (Wildman–Crippen MR) is 140 cm³/mol. The van der Waals surface area contributed by atoms with Crippen molar-refractivity contribution in [1.29, 1.82) is 0 Å². The number of fused-ring (bicyclic) bond motifs is 1. The number of pyridine rings is 1. The molecule has 0 aliphatic carbocycles. The smallest absolute Gasteiger partial charge is 0.243 e. The summed E-state index contributed by atoms with van der Waals surface area (Å²) < 4.78 is 28.9. The molecule has 182 valence electrons. The Morgan fingerprint density at radius 2 is 1.50 bits per heavy atom. The molecular weight excluding hydrogens is 470 g/mol. The molecule has 0 aliphatic heterocycles. The molecule has 8 heteroatoms. The Labute approximate surface area is 210 Å². The monoisotopic (exact) mass is 497 g/mol. The van der Waals surface area contributed by atoms with E-state index in [1.165, 1.54) is 4.31 Å². The quantitative estimate of drug-likeness (QED) is 0.293. The van der Waals surface area contributed by atoms with Gasteiger partial charge in [0.1, 0.15) is 5.82 Å². The van der Waals surface area contributed by atoms with Crippen LogP contribution in [0.15, 0.2) is 108 Å². The number of nitrogens with zero attached hydrogens (tertiary/aromatic N) is 3. The van der Waals surface area contributed by atoms with Crippen LogP contribution in [0, 0.1) is 0 Å². The van der Waals surface area contributed by atoms with Crippen molar-refractivity contribution in [3.63, 3.8) is 0 Å². The van der Waals surface area contributed by atoms with E-state index in [4.69, 9.17) is 0 Å². The maximum atomic E-state index is 13.7. The van der Waals surface area contributed by atoms with E-state index in [0.29, 0.717) is 18.9 Å². The molecule has 0 radical (unpaired) electrons. The van der Waals surface area contributed by atoms with E-state index in [9.17, 15) is 8.42 Å². The highest BCUT2D eigenvalue weighted by Gasteiger charge is 2.26. The zero-order valence-electron chi connectivity index (χ0n) is 19.7. The highest BCUT2D eigenvalue weighted by atomic mass is 32.2. The third kappa shape index (κ3) is 5.68. The summed E-state index contributed by atoms with van der Waals surface area (Å²) in [7, 11) is -3.77. The Morgan fingerprint density at radius 1 is 0.750 bits per heavy atom. The van der Waals surface area contributed by atoms with Crippen molar-refractivity contribution < 1.29 is 8.42 Å². The van der Waals surface area contributed by atoms with Crippen LogP contribution in [0.5, 0.6) is 0 Å². The summed E-state index contributed by atoms with van der Waals surface area (Å²) in [5, 5.41) is 3.34. The van der Waals surface area contributed by atoms with Gasteiger partial charge < -0.3 is 10.3 Å². The van der Waals surface area contributed by atoms with E-state index >= 15 is 0 Å². The van der Waals surface area contributed by atoms with Crippen LogP contribution in [0.4, 0.5) is 0 Å². The van der Waals surface area contributed by atoms with Crippen LogP contribution in [-0.2, 0) is 36.2 Å². The lowest BCUT2D eigenvalue weighted by atomic mass is 10.2. The van der Waals surface area contributed by atoms with Gasteiger partial charge in [0.25, 0.3) is 0 Å². The largest absolute Gasteiger partial charge is 0.341 e. The van der Waals surface area contributed by atoms with Crippen LogP contribution in [0.25, 0.3) is 11.0 Å². The summed E-state index contributed by atoms with van der Waals surface area (Å²) in [6.45, 7) is 1.64. The zero-order valence-corrected chi connectivity index (χ0v) is 20.5. The number of hydrogen-bond acceptors (Lipinski definition) is 5. The molecule has 36 heavy (non-hydrogen) atoms. The van der Waals surface area contributed by atoms with Crippen molar-refractivity contribution in [3.05, 3.63) is 126 Å². The fourth-order valence-corrected chi connectivity index (χ4v) is 5.42. The van der Waals surface area contributed by atoms with Gasteiger partial charge in [-0.1, -0.05) is 60.7 Å². The van der Waals surface area contributed by atoms with Crippen LogP contribution in [0.3, 0.4) is 0 Å². The molecule has 0 atom stereocenters. The first kappa shape index (κ1) is 23.9. The SMILES string of the molecule is O=S(=O)(c1ccc(CNCc2ccccn2)cc1)N(Cc1ccccc1)Cc1nc2ccccc2[nH]1. The molecule has 2 N–H and O–H groups in total. The second-order valence-electron chi connectivity index (χ2n) is 8.53. The first-order valence-corrected chi connectivity index (χ1v) is 13.2.